The zero-order chi connectivity index (χ0) is 23.7. The summed E-state index contributed by atoms with van der Waals surface area (Å²) in [7, 11) is 0. The lowest BCUT2D eigenvalue weighted by molar-refractivity contribution is -0.117. The fourth-order valence-corrected chi connectivity index (χ4v) is 6.26. The third kappa shape index (κ3) is 4.61. The van der Waals surface area contributed by atoms with Gasteiger partial charge >= 0.3 is 0 Å². The first-order valence-corrected chi connectivity index (χ1v) is 12.9. The molecule has 1 amide bonds. The molecular weight excluding hydrogens is 446 g/mol. The normalized spacial score (nSPS) is 19.5. The van der Waals surface area contributed by atoms with Gasteiger partial charge in [-0.25, -0.2) is 4.98 Å². The van der Waals surface area contributed by atoms with Crippen molar-refractivity contribution in [3.63, 3.8) is 0 Å². The number of para-hydroxylation sites is 1. The number of nitrogens with one attached hydrogen (secondary N) is 1. The summed E-state index contributed by atoms with van der Waals surface area (Å²) >= 11 is 1.79. The van der Waals surface area contributed by atoms with E-state index in [1.165, 1.54) is 9.71 Å². The van der Waals surface area contributed by atoms with Gasteiger partial charge in [0.15, 0.2) is 0 Å². The Bertz CT molecular complexity index is 1190. The number of piperidine rings is 1. The predicted molar refractivity (Wildman–Crippen MR) is 134 cm³/mol. The van der Waals surface area contributed by atoms with Gasteiger partial charge in [0.25, 0.3) is 0 Å². The third-order valence-electron chi connectivity index (χ3n) is 7.22. The van der Waals surface area contributed by atoms with Crippen molar-refractivity contribution in [3.05, 3.63) is 46.1 Å². The Balaban J connectivity index is 1.22. The molecule has 3 aromatic rings. The van der Waals surface area contributed by atoms with Crippen LogP contribution in [0, 0.1) is 25.2 Å². The van der Waals surface area contributed by atoms with Crippen molar-refractivity contribution in [2.24, 2.45) is 0 Å². The van der Waals surface area contributed by atoms with Crippen molar-refractivity contribution >= 4 is 33.3 Å². The number of benzene rings is 1. The van der Waals surface area contributed by atoms with Crippen molar-refractivity contribution in [2.75, 3.05) is 31.6 Å². The fourth-order valence-electron chi connectivity index (χ4n) is 5.13. The molecule has 178 valence electrons. The van der Waals surface area contributed by atoms with E-state index in [4.69, 9.17) is 9.72 Å². The number of carbonyl (C=O) groups is 1. The predicted octanol–water partition coefficient (Wildman–Crippen LogP) is 4.58. The number of nitrogens with zero attached hydrogens (tertiary/aromatic N) is 4. The van der Waals surface area contributed by atoms with Crippen molar-refractivity contribution in [2.45, 2.75) is 58.1 Å². The summed E-state index contributed by atoms with van der Waals surface area (Å²) in [5, 5.41) is 14.0. The summed E-state index contributed by atoms with van der Waals surface area (Å²) in [5.74, 6) is 0.999. The Kier molecular flexibility index (Phi) is 6.68. The Morgan fingerprint density at radius 3 is 2.76 bits per heavy atom. The maximum Gasteiger partial charge on any atom is 0.239 e. The summed E-state index contributed by atoms with van der Waals surface area (Å²) in [5.41, 5.74) is 3.57. The lowest BCUT2D eigenvalue weighted by atomic mass is 9.97. The number of likely N-dealkylation sites (tertiary alicyclic amines) is 1. The van der Waals surface area contributed by atoms with E-state index in [1.54, 1.807) is 11.3 Å². The SMILES string of the molecule is Cc1c(C#N)c(NC(=O)CN2CCC(c3nc4ccccc4s3)CC2)n(CC2CCCO2)c1C. The van der Waals surface area contributed by atoms with Gasteiger partial charge in [-0.15, -0.1) is 11.3 Å². The largest absolute Gasteiger partial charge is 0.376 e. The van der Waals surface area contributed by atoms with Crippen molar-refractivity contribution in [1.29, 1.82) is 5.26 Å². The highest BCUT2D eigenvalue weighted by Crippen LogP contribution is 2.34. The van der Waals surface area contributed by atoms with Gasteiger partial charge in [0.05, 0.1) is 40.0 Å². The van der Waals surface area contributed by atoms with Crippen LogP contribution in [0.2, 0.25) is 0 Å². The van der Waals surface area contributed by atoms with E-state index in [-0.39, 0.29) is 12.0 Å². The number of carbonyl (C=O) groups excluding carboxylic acids is 1. The fraction of sp³-hybridized carbons (Fsp3) is 0.500. The first-order valence-electron chi connectivity index (χ1n) is 12.1. The highest BCUT2D eigenvalue weighted by atomic mass is 32.1. The minimum Gasteiger partial charge on any atom is -0.376 e. The average Bonchev–Trinajstić information content (AvgIpc) is 3.56. The summed E-state index contributed by atoms with van der Waals surface area (Å²) < 4.78 is 9.11. The second-order valence-electron chi connectivity index (χ2n) is 9.41. The molecule has 2 fully saturated rings. The molecule has 5 rings (SSSR count). The van der Waals surface area contributed by atoms with Crippen molar-refractivity contribution in [1.82, 2.24) is 14.5 Å². The van der Waals surface area contributed by atoms with Crippen LogP contribution in [0.3, 0.4) is 0 Å². The van der Waals surface area contributed by atoms with Gasteiger partial charge in [-0.2, -0.15) is 5.26 Å². The molecule has 0 bridgehead atoms. The Hall–Kier alpha value is -2.73. The molecule has 0 spiro atoms. The van der Waals surface area contributed by atoms with E-state index < -0.39 is 0 Å². The zero-order valence-corrected chi connectivity index (χ0v) is 20.7. The topological polar surface area (TPSA) is 83.2 Å². The number of ether oxygens (including phenoxy) is 1. The quantitative estimate of drug-likeness (QED) is 0.562. The lowest BCUT2D eigenvalue weighted by Crippen LogP contribution is -2.39. The number of rotatable bonds is 6. The zero-order valence-electron chi connectivity index (χ0n) is 19.8. The van der Waals surface area contributed by atoms with Crippen LogP contribution >= 0.6 is 11.3 Å². The number of nitriles is 1. The molecule has 2 aliphatic rings. The molecule has 1 aromatic carbocycles. The van der Waals surface area contributed by atoms with E-state index in [9.17, 15) is 10.1 Å². The van der Waals surface area contributed by atoms with Crippen LogP contribution in [0.4, 0.5) is 5.82 Å². The van der Waals surface area contributed by atoms with Crippen LogP contribution in [0.1, 0.15) is 53.4 Å². The number of hydrogen-bond acceptors (Lipinski definition) is 6. The second-order valence-corrected chi connectivity index (χ2v) is 10.5. The van der Waals surface area contributed by atoms with Crippen LogP contribution in [-0.2, 0) is 16.1 Å². The number of hydrogen-bond donors (Lipinski definition) is 1. The molecule has 34 heavy (non-hydrogen) atoms. The number of fused-ring (bicyclic) bond motifs is 1. The lowest BCUT2D eigenvalue weighted by Gasteiger charge is -2.30. The minimum absolute atomic E-state index is 0.0685. The molecule has 2 saturated heterocycles. The van der Waals surface area contributed by atoms with Crippen LogP contribution in [0.5, 0.6) is 0 Å². The number of amides is 1. The van der Waals surface area contributed by atoms with Gasteiger partial charge in [-0.3, -0.25) is 9.69 Å². The van der Waals surface area contributed by atoms with Gasteiger partial charge in [-0.1, -0.05) is 12.1 Å². The average molecular weight is 478 g/mol. The Morgan fingerprint density at radius 1 is 1.26 bits per heavy atom. The maximum atomic E-state index is 13.0. The minimum atomic E-state index is -0.0685. The van der Waals surface area contributed by atoms with Gasteiger partial charge in [0.2, 0.25) is 5.91 Å². The molecule has 1 atom stereocenters. The van der Waals surface area contributed by atoms with Crippen LogP contribution in [0.25, 0.3) is 10.2 Å². The second kappa shape index (κ2) is 9.87. The summed E-state index contributed by atoms with van der Waals surface area (Å²) in [6.45, 7) is 7.47. The molecule has 2 aliphatic heterocycles. The number of thiazole rings is 1. The van der Waals surface area contributed by atoms with Gasteiger partial charge in [-0.05, 0) is 70.3 Å². The smallest absolute Gasteiger partial charge is 0.239 e. The summed E-state index contributed by atoms with van der Waals surface area (Å²) in [4.78, 5) is 20.1. The van der Waals surface area contributed by atoms with Crippen LogP contribution in [-0.4, -0.2) is 52.7 Å². The van der Waals surface area contributed by atoms with Gasteiger partial charge < -0.3 is 14.6 Å². The highest BCUT2D eigenvalue weighted by molar-refractivity contribution is 7.18. The van der Waals surface area contributed by atoms with Gasteiger partial charge in [0.1, 0.15) is 11.9 Å². The highest BCUT2D eigenvalue weighted by Gasteiger charge is 2.27. The molecule has 7 nitrogen and oxygen atoms in total. The maximum absolute atomic E-state index is 13.0. The number of aromatic nitrogens is 2. The van der Waals surface area contributed by atoms with E-state index in [0.717, 1.165) is 62.2 Å². The molecule has 0 radical (unpaired) electrons. The first-order chi connectivity index (χ1) is 16.5. The molecule has 1 N–H and O–H groups in total. The van der Waals surface area contributed by atoms with E-state index in [2.05, 4.69) is 39.1 Å². The molecular formula is C26H31N5O2S. The molecule has 8 heteroatoms. The standard InChI is InChI=1S/C26H31N5O2S/c1-17-18(2)31(15-20-6-5-13-33-20)25(21(17)14-27)29-24(32)16-30-11-9-19(10-12-30)26-28-22-7-3-4-8-23(22)34-26/h3-4,7-8,19-20H,5-6,9-13,15-16H2,1-2H3,(H,29,32). The van der Waals surface area contributed by atoms with Crippen LogP contribution in [0.15, 0.2) is 24.3 Å². The Labute approximate surface area is 204 Å². The molecule has 1 unspecified atom stereocenters. The molecule has 0 aliphatic carbocycles. The van der Waals surface area contributed by atoms with Crippen molar-refractivity contribution in [3.8, 4) is 6.07 Å². The van der Waals surface area contributed by atoms with Crippen molar-refractivity contribution < 1.29 is 9.53 Å². The number of anilines is 1. The monoisotopic (exact) mass is 477 g/mol. The third-order valence-corrected chi connectivity index (χ3v) is 8.42. The van der Waals surface area contributed by atoms with Crippen LogP contribution < -0.4 is 5.32 Å². The van der Waals surface area contributed by atoms with E-state index in [0.29, 0.717) is 30.4 Å². The molecule has 0 saturated carbocycles. The van der Waals surface area contributed by atoms with E-state index in [1.807, 2.05) is 19.9 Å². The molecule has 4 heterocycles. The molecule has 2 aromatic heterocycles. The summed E-state index contributed by atoms with van der Waals surface area (Å²) in [6.07, 6.45) is 4.21. The summed E-state index contributed by atoms with van der Waals surface area (Å²) in [6, 6.07) is 10.6. The van der Waals surface area contributed by atoms with Gasteiger partial charge in [0, 0.05) is 18.2 Å². The Morgan fingerprint density at radius 2 is 2.06 bits per heavy atom. The van der Waals surface area contributed by atoms with E-state index >= 15 is 0 Å². The first kappa shape index (κ1) is 23.0.